The molecule has 156 valence electrons. The second-order valence-electron chi connectivity index (χ2n) is 7.26. The van der Waals surface area contributed by atoms with Crippen LogP contribution < -0.4 is 15.0 Å². The van der Waals surface area contributed by atoms with Crippen LogP contribution in [-0.2, 0) is 0 Å². The molecule has 3 aromatic rings. The molecule has 30 heavy (non-hydrogen) atoms. The lowest BCUT2D eigenvalue weighted by Crippen LogP contribution is -2.44. The van der Waals surface area contributed by atoms with E-state index in [1.165, 1.54) is 19.2 Å². The smallest absolute Gasteiger partial charge is 0.262 e. The van der Waals surface area contributed by atoms with Crippen LogP contribution in [0.1, 0.15) is 10.4 Å². The Labute approximate surface area is 173 Å². The third-order valence-electron chi connectivity index (χ3n) is 5.27. The van der Waals surface area contributed by atoms with Crippen molar-refractivity contribution in [3.8, 4) is 5.75 Å². The number of hydrogen-bond donors (Lipinski definition) is 1. The molecule has 0 aliphatic carbocycles. The maximum Gasteiger partial charge on any atom is 0.262 e. The molecule has 8 heteroatoms. The van der Waals surface area contributed by atoms with Crippen molar-refractivity contribution in [1.82, 2.24) is 9.88 Å². The van der Waals surface area contributed by atoms with Crippen molar-refractivity contribution in [2.75, 3.05) is 50.6 Å². The molecular formula is C22H22F2N4O2. The number of carbonyl (C=O) groups excluding carboxylic acids is 1. The number of aromatic nitrogens is 1. The summed E-state index contributed by atoms with van der Waals surface area (Å²) < 4.78 is 34.7. The number of ether oxygens (including phenoxy) is 1. The van der Waals surface area contributed by atoms with Gasteiger partial charge < -0.3 is 19.9 Å². The SMILES string of the molecule is COc1cccc2ccc(NC(=O)c3c(F)cc(N4CCN(C)CC4)cc3F)nc12. The van der Waals surface area contributed by atoms with E-state index in [1.807, 2.05) is 24.1 Å². The summed E-state index contributed by atoms with van der Waals surface area (Å²) in [5, 5.41) is 3.30. The minimum Gasteiger partial charge on any atom is -0.494 e. The second kappa shape index (κ2) is 8.23. The van der Waals surface area contributed by atoms with Gasteiger partial charge in [0.25, 0.3) is 5.91 Å². The summed E-state index contributed by atoms with van der Waals surface area (Å²) in [5.74, 6) is -1.98. The highest BCUT2D eigenvalue weighted by atomic mass is 19.1. The summed E-state index contributed by atoms with van der Waals surface area (Å²) in [5.41, 5.74) is 0.349. The van der Waals surface area contributed by atoms with Gasteiger partial charge >= 0.3 is 0 Å². The van der Waals surface area contributed by atoms with Crippen LogP contribution in [0.25, 0.3) is 10.9 Å². The quantitative estimate of drug-likeness (QED) is 0.711. The molecule has 1 aliphatic heterocycles. The average Bonchev–Trinajstić information content (AvgIpc) is 2.73. The van der Waals surface area contributed by atoms with E-state index < -0.39 is 23.1 Å². The van der Waals surface area contributed by atoms with Crippen molar-refractivity contribution in [2.45, 2.75) is 0 Å². The van der Waals surface area contributed by atoms with E-state index in [2.05, 4.69) is 15.2 Å². The Balaban J connectivity index is 1.58. The minimum atomic E-state index is -0.903. The molecule has 1 fully saturated rings. The third-order valence-corrected chi connectivity index (χ3v) is 5.27. The number of rotatable bonds is 4. The number of methoxy groups -OCH3 is 1. The first-order chi connectivity index (χ1) is 14.5. The summed E-state index contributed by atoms with van der Waals surface area (Å²) in [4.78, 5) is 21.0. The monoisotopic (exact) mass is 412 g/mol. The highest BCUT2D eigenvalue weighted by Gasteiger charge is 2.22. The highest BCUT2D eigenvalue weighted by molar-refractivity contribution is 6.05. The van der Waals surface area contributed by atoms with Gasteiger partial charge in [-0.3, -0.25) is 4.79 Å². The molecule has 1 aromatic heterocycles. The van der Waals surface area contributed by atoms with Gasteiger partial charge in [0.05, 0.1) is 7.11 Å². The van der Waals surface area contributed by atoms with Crippen LogP contribution in [0.2, 0.25) is 0 Å². The number of para-hydroxylation sites is 1. The lowest BCUT2D eigenvalue weighted by molar-refractivity contribution is 0.101. The predicted molar refractivity (Wildman–Crippen MR) is 112 cm³/mol. The van der Waals surface area contributed by atoms with Gasteiger partial charge in [0, 0.05) is 37.3 Å². The van der Waals surface area contributed by atoms with Gasteiger partial charge in [-0.25, -0.2) is 13.8 Å². The largest absolute Gasteiger partial charge is 0.494 e. The number of halogens is 2. The van der Waals surface area contributed by atoms with Crippen LogP contribution in [0.15, 0.2) is 42.5 Å². The van der Waals surface area contributed by atoms with Crippen molar-refractivity contribution in [1.29, 1.82) is 0 Å². The Morgan fingerprint density at radius 2 is 1.77 bits per heavy atom. The molecule has 2 aromatic carbocycles. The number of pyridine rings is 1. The Bertz CT molecular complexity index is 1070. The summed E-state index contributed by atoms with van der Waals surface area (Å²) in [6.45, 7) is 2.96. The molecule has 2 heterocycles. The summed E-state index contributed by atoms with van der Waals surface area (Å²) in [6.07, 6.45) is 0. The number of hydrogen-bond acceptors (Lipinski definition) is 5. The van der Waals surface area contributed by atoms with Gasteiger partial charge in [-0.1, -0.05) is 12.1 Å². The second-order valence-corrected chi connectivity index (χ2v) is 7.26. The van der Waals surface area contributed by atoms with Crippen LogP contribution in [-0.4, -0.2) is 56.1 Å². The number of fused-ring (bicyclic) bond motifs is 1. The molecule has 1 N–H and O–H groups in total. The molecule has 1 aliphatic rings. The molecule has 0 atom stereocenters. The number of anilines is 2. The van der Waals surface area contributed by atoms with Gasteiger partial charge in [0.15, 0.2) is 0 Å². The van der Waals surface area contributed by atoms with Crippen LogP contribution in [0.3, 0.4) is 0 Å². The van der Waals surface area contributed by atoms with Crippen LogP contribution in [0.5, 0.6) is 5.75 Å². The van der Waals surface area contributed by atoms with E-state index in [4.69, 9.17) is 4.74 Å². The number of piperazine rings is 1. The molecule has 1 amide bonds. The van der Waals surface area contributed by atoms with Crippen LogP contribution >= 0.6 is 0 Å². The Morgan fingerprint density at radius 3 is 2.43 bits per heavy atom. The lowest BCUT2D eigenvalue weighted by Gasteiger charge is -2.34. The van der Waals surface area contributed by atoms with E-state index in [9.17, 15) is 13.6 Å². The maximum atomic E-state index is 14.7. The average molecular weight is 412 g/mol. The first-order valence-corrected chi connectivity index (χ1v) is 9.64. The van der Waals surface area contributed by atoms with Gasteiger partial charge in [-0.2, -0.15) is 0 Å². The predicted octanol–water partition coefficient (Wildman–Crippen LogP) is 3.53. The molecule has 4 rings (SSSR count). The van der Waals surface area contributed by atoms with Crippen molar-refractivity contribution in [2.24, 2.45) is 0 Å². The fourth-order valence-electron chi connectivity index (χ4n) is 3.56. The Morgan fingerprint density at radius 1 is 1.07 bits per heavy atom. The van der Waals surface area contributed by atoms with E-state index >= 15 is 0 Å². The van der Waals surface area contributed by atoms with Crippen molar-refractivity contribution in [3.63, 3.8) is 0 Å². The number of nitrogens with one attached hydrogen (secondary N) is 1. The maximum absolute atomic E-state index is 14.7. The number of nitrogens with zero attached hydrogens (tertiary/aromatic N) is 3. The molecule has 6 nitrogen and oxygen atoms in total. The molecule has 0 radical (unpaired) electrons. The van der Waals surface area contributed by atoms with E-state index in [0.717, 1.165) is 18.5 Å². The zero-order valence-electron chi connectivity index (χ0n) is 16.8. The summed E-state index contributed by atoms with van der Waals surface area (Å²) in [7, 11) is 3.52. The van der Waals surface area contributed by atoms with Gasteiger partial charge in [0.2, 0.25) is 0 Å². The van der Waals surface area contributed by atoms with Gasteiger partial charge in [-0.15, -0.1) is 0 Å². The topological polar surface area (TPSA) is 57.7 Å². The van der Waals surface area contributed by atoms with Gasteiger partial charge in [-0.05, 0) is 37.4 Å². The first kappa shape index (κ1) is 20.0. The Kier molecular flexibility index (Phi) is 5.50. The molecule has 0 spiro atoms. The van der Waals surface area contributed by atoms with Crippen molar-refractivity contribution >= 4 is 28.3 Å². The first-order valence-electron chi connectivity index (χ1n) is 9.64. The van der Waals surface area contributed by atoms with E-state index in [1.54, 1.807) is 18.2 Å². The molecule has 0 bridgehead atoms. The molecule has 0 saturated carbocycles. The number of likely N-dealkylation sites (N-methyl/N-ethyl adjacent to an activating group) is 1. The standard InChI is InChI=1S/C22H22F2N4O2/c1-27-8-10-28(11-9-27)15-12-16(23)20(17(24)13-15)22(29)26-19-7-6-14-4-3-5-18(30-2)21(14)25-19/h3-7,12-13H,8-11H2,1-2H3,(H,25,26,29). The lowest BCUT2D eigenvalue weighted by atomic mass is 10.1. The van der Waals surface area contributed by atoms with Crippen LogP contribution in [0, 0.1) is 11.6 Å². The zero-order valence-corrected chi connectivity index (χ0v) is 16.8. The normalized spacial score (nSPS) is 14.7. The molecular weight excluding hydrogens is 390 g/mol. The molecule has 1 saturated heterocycles. The minimum absolute atomic E-state index is 0.180. The summed E-state index contributed by atoms with van der Waals surface area (Å²) in [6, 6.07) is 11.2. The highest BCUT2D eigenvalue weighted by Crippen LogP contribution is 2.26. The number of carbonyl (C=O) groups is 1. The third kappa shape index (κ3) is 3.91. The van der Waals surface area contributed by atoms with E-state index in [0.29, 0.717) is 30.0 Å². The van der Waals surface area contributed by atoms with E-state index in [-0.39, 0.29) is 5.82 Å². The number of benzene rings is 2. The Hall–Kier alpha value is -3.26. The zero-order chi connectivity index (χ0) is 21.3. The van der Waals surface area contributed by atoms with Crippen LogP contribution in [0.4, 0.5) is 20.3 Å². The summed E-state index contributed by atoms with van der Waals surface area (Å²) >= 11 is 0. The van der Waals surface area contributed by atoms with Crippen molar-refractivity contribution in [3.05, 3.63) is 59.7 Å². The fraction of sp³-hybridized carbons (Fsp3) is 0.273. The number of amides is 1. The van der Waals surface area contributed by atoms with Gasteiger partial charge in [0.1, 0.15) is 34.3 Å². The fourth-order valence-corrected chi connectivity index (χ4v) is 3.56. The van der Waals surface area contributed by atoms with Crippen molar-refractivity contribution < 1.29 is 18.3 Å². The molecule has 0 unspecified atom stereocenters.